The molecule has 2 saturated heterocycles. The minimum Gasteiger partial charge on any atom is -0.495 e. The van der Waals surface area contributed by atoms with E-state index < -0.39 is 5.50 Å². The van der Waals surface area contributed by atoms with Crippen molar-refractivity contribution in [2.45, 2.75) is 11.7 Å². The molecule has 0 aromatic heterocycles. The zero-order valence-electron chi connectivity index (χ0n) is 17.3. The van der Waals surface area contributed by atoms with Gasteiger partial charge in [-0.15, -0.1) is 11.8 Å². The van der Waals surface area contributed by atoms with Crippen LogP contribution in [0.1, 0.15) is 0 Å². The average Bonchev–Trinajstić information content (AvgIpc) is 3.22. The van der Waals surface area contributed by atoms with Gasteiger partial charge in [0.1, 0.15) is 23.2 Å². The van der Waals surface area contributed by atoms with Gasteiger partial charge in [-0.3, -0.25) is 19.9 Å². The molecule has 164 valence electrons. The first-order valence-electron chi connectivity index (χ1n) is 9.87. The number of hydrazine groups is 1. The number of nitrogens with zero attached hydrogens (tertiary/aromatic N) is 1. The smallest absolute Gasteiger partial charge is 0.234 e. The molecule has 4 rings (SSSR count). The molecular formula is C21H25N5O4S. The number of para-hydroxylation sites is 4. The van der Waals surface area contributed by atoms with Crippen LogP contribution in [0.25, 0.3) is 0 Å². The highest BCUT2D eigenvalue weighted by atomic mass is 32.2. The summed E-state index contributed by atoms with van der Waals surface area (Å²) in [6.45, 7) is 0.507. The van der Waals surface area contributed by atoms with Crippen LogP contribution >= 0.6 is 11.8 Å². The predicted molar refractivity (Wildman–Crippen MR) is 120 cm³/mol. The second-order valence-corrected chi connectivity index (χ2v) is 8.16. The van der Waals surface area contributed by atoms with E-state index in [1.54, 1.807) is 26.4 Å². The molecule has 0 spiro atoms. The molecule has 9 nitrogen and oxygen atoms in total. The van der Waals surface area contributed by atoms with Crippen molar-refractivity contribution in [2.24, 2.45) is 5.92 Å². The number of rotatable bonds is 7. The third-order valence-corrected chi connectivity index (χ3v) is 6.20. The number of ether oxygens (including phenoxy) is 2. The van der Waals surface area contributed by atoms with Gasteiger partial charge in [0.15, 0.2) is 0 Å². The predicted octanol–water partition coefficient (Wildman–Crippen LogP) is 1.35. The van der Waals surface area contributed by atoms with Gasteiger partial charge in [0, 0.05) is 6.54 Å². The summed E-state index contributed by atoms with van der Waals surface area (Å²) in [4.78, 5) is 25.1. The van der Waals surface area contributed by atoms with Gasteiger partial charge in [-0.05, 0) is 24.3 Å². The molecule has 2 aliphatic heterocycles. The number of thioether (sulfide) groups is 1. The maximum atomic E-state index is 12.7. The van der Waals surface area contributed by atoms with Gasteiger partial charge in [-0.25, -0.2) is 5.43 Å². The normalized spacial score (nSPS) is 22.5. The Morgan fingerprint density at radius 3 is 2.61 bits per heavy atom. The Morgan fingerprint density at radius 2 is 1.84 bits per heavy atom. The van der Waals surface area contributed by atoms with E-state index in [9.17, 15) is 9.59 Å². The van der Waals surface area contributed by atoms with E-state index >= 15 is 0 Å². The molecule has 3 unspecified atom stereocenters. The fraction of sp³-hybridized carbons (Fsp3) is 0.333. The molecule has 2 aromatic carbocycles. The van der Waals surface area contributed by atoms with Crippen LogP contribution in [0.4, 0.5) is 11.4 Å². The van der Waals surface area contributed by atoms with Crippen molar-refractivity contribution in [2.75, 3.05) is 36.8 Å². The van der Waals surface area contributed by atoms with Gasteiger partial charge in [0.2, 0.25) is 11.8 Å². The number of nitrogens with one attached hydrogen (secondary N) is 4. The molecular weight excluding hydrogens is 418 g/mol. The maximum Gasteiger partial charge on any atom is 0.234 e. The highest BCUT2D eigenvalue weighted by Crippen LogP contribution is 2.33. The fourth-order valence-electron chi connectivity index (χ4n) is 3.69. The van der Waals surface area contributed by atoms with Crippen LogP contribution < -0.4 is 35.9 Å². The molecule has 0 bridgehead atoms. The number of hydrogen-bond donors (Lipinski definition) is 4. The lowest BCUT2D eigenvalue weighted by molar-refractivity contribution is -0.127. The van der Waals surface area contributed by atoms with E-state index in [1.165, 1.54) is 11.8 Å². The average molecular weight is 444 g/mol. The Labute approximate surface area is 184 Å². The number of hydrogen-bond acceptors (Lipinski definition) is 8. The first-order valence-corrected chi connectivity index (χ1v) is 10.9. The lowest BCUT2D eigenvalue weighted by Crippen LogP contribution is -2.63. The van der Waals surface area contributed by atoms with Gasteiger partial charge >= 0.3 is 0 Å². The first-order chi connectivity index (χ1) is 15.1. The number of carbonyl (C=O) groups excluding carboxylic acids is 2. The summed E-state index contributed by atoms with van der Waals surface area (Å²) >= 11 is 1.32. The number of methoxy groups -OCH3 is 2. The summed E-state index contributed by atoms with van der Waals surface area (Å²) in [5, 5.41) is 11.1. The zero-order valence-corrected chi connectivity index (χ0v) is 18.1. The lowest BCUT2D eigenvalue weighted by Gasteiger charge is -2.37. The molecule has 0 radical (unpaired) electrons. The summed E-state index contributed by atoms with van der Waals surface area (Å²) in [7, 11) is 3.17. The molecule has 2 heterocycles. The fourth-order valence-corrected chi connectivity index (χ4v) is 4.52. The van der Waals surface area contributed by atoms with E-state index in [4.69, 9.17) is 9.47 Å². The standard InChI is InChI=1S/C21H25N5O4S/c1-29-16-9-5-3-7-14(16)23-18(27)12-31-21-24-19-13(20(28)25-21)11-22-26(19)15-8-4-6-10-17(15)30-2/h3-10,13,19,21-22,24H,11-12H2,1-2H3,(H,23,27)(H,25,28). The van der Waals surface area contributed by atoms with Crippen molar-refractivity contribution in [3.63, 3.8) is 0 Å². The Bertz CT molecular complexity index is 959. The van der Waals surface area contributed by atoms with E-state index in [2.05, 4.69) is 21.4 Å². The minimum atomic E-state index is -0.408. The van der Waals surface area contributed by atoms with Crippen LogP contribution in [0.15, 0.2) is 48.5 Å². The van der Waals surface area contributed by atoms with Crippen LogP contribution in [0.2, 0.25) is 0 Å². The molecule has 2 fully saturated rings. The molecule has 31 heavy (non-hydrogen) atoms. The molecule has 2 aliphatic rings. The van der Waals surface area contributed by atoms with Crippen LogP contribution in [0.3, 0.4) is 0 Å². The highest BCUT2D eigenvalue weighted by molar-refractivity contribution is 8.00. The topological polar surface area (TPSA) is 104 Å². The molecule has 2 amide bonds. The van der Waals surface area contributed by atoms with Crippen LogP contribution in [-0.2, 0) is 9.59 Å². The molecule has 0 saturated carbocycles. The van der Waals surface area contributed by atoms with E-state index in [1.807, 2.05) is 41.4 Å². The summed E-state index contributed by atoms with van der Waals surface area (Å²) in [5.41, 5.74) is 4.32. The maximum absolute atomic E-state index is 12.7. The number of anilines is 2. The van der Waals surface area contributed by atoms with Gasteiger partial charge in [0.25, 0.3) is 0 Å². The Morgan fingerprint density at radius 1 is 1.13 bits per heavy atom. The zero-order chi connectivity index (χ0) is 21.8. The summed E-state index contributed by atoms with van der Waals surface area (Å²) in [6.07, 6.45) is -0.264. The molecule has 2 aromatic rings. The van der Waals surface area contributed by atoms with Gasteiger partial charge in [-0.1, -0.05) is 24.3 Å². The first kappa shape index (κ1) is 21.3. The SMILES string of the molecule is COc1ccccc1NC(=O)CSC1NC(=O)C2CNN(c3ccccc3OC)C2N1. The highest BCUT2D eigenvalue weighted by Gasteiger charge is 2.44. The van der Waals surface area contributed by atoms with Crippen LogP contribution in [-0.4, -0.2) is 50.0 Å². The number of carbonyl (C=O) groups is 2. The Balaban J connectivity index is 1.39. The molecule has 10 heteroatoms. The second kappa shape index (κ2) is 9.46. The van der Waals surface area contributed by atoms with Crippen molar-refractivity contribution < 1.29 is 19.1 Å². The second-order valence-electron chi connectivity index (χ2n) is 7.07. The Kier molecular flexibility index (Phi) is 6.50. The largest absolute Gasteiger partial charge is 0.495 e. The van der Waals surface area contributed by atoms with Crippen molar-refractivity contribution in [3.8, 4) is 11.5 Å². The van der Waals surface area contributed by atoms with Crippen LogP contribution in [0, 0.1) is 5.92 Å². The minimum absolute atomic E-state index is 0.0590. The molecule has 3 atom stereocenters. The molecule has 0 aliphatic carbocycles. The van der Waals surface area contributed by atoms with E-state index in [0.29, 0.717) is 23.7 Å². The van der Waals surface area contributed by atoms with E-state index in [0.717, 1.165) is 5.69 Å². The van der Waals surface area contributed by atoms with Gasteiger partial charge < -0.3 is 20.1 Å². The van der Waals surface area contributed by atoms with Gasteiger partial charge in [-0.2, -0.15) is 0 Å². The third kappa shape index (κ3) is 4.55. The number of amides is 2. The Hall–Kier alpha value is -2.95. The molecule has 4 N–H and O–H groups in total. The van der Waals surface area contributed by atoms with Crippen molar-refractivity contribution >= 4 is 35.0 Å². The van der Waals surface area contributed by atoms with Crippen LogP contribution in [0.5, 0.6) is 11.5 Å². The lowest BCUT2D eigenvalue weighted by atomic mass is 10.0. The monoisotopic (exact) mass is 443 g/mol. The summed E-state index contributed by atoms with van der Waals surface area (Å²) in [5.74, 6) is 0.968. The van der Waals surface area contributed by atoms with Crippen molar-refractivity contribution in [1.82, 2.24) is 16.1 Å². The summed E-state index contributed by atoms with van der Waals surface area (Å²) < 4.78 is 10.7. The number of fused-ring (bicyclic) bond motifs is 1. The quantitative estimate of drug-likeness (QED) is 0.509. The summed E-state index contributed by atoms with van der Waals surface area (Å²) in [6, 6.07) is 14.9. The van der Waals surface area contributed by atoms with E-state index in [-0.39, 0.29) is 29.7 Å². The van der Waals surface area contributed by atoms with Gasteiger partial charge in [0.05, 0.1) is 37.3 Å². The van der Waals surface area contributed by atoms with Crippen molar-refractivity contribution in [3.05, 3.63) is 48.5 Å². The van der Waals surface area contributed by atoms with Crippen molar-refractivity contribution in [1.29, 1.82) is 0 Å². The number of benzene rings is 2. The third-order valence-electron chi connectivity index (χ3n) is 5.18.